The van der Waals surface area contributed by atoms with E-state index in [4.69, 9.17) is 0 Å². The van der Waals surface area contributed by atoms with Gasteiger partial charge in [-0.15, -0.1) is 11.3 Å². The van der Waals surface area contributed by atoms with Crippen LogP contribution in [0.25, 0.3) is 0 Å². The Hall–Kier alpha value is -1.68. The summed E-state index contributed by atoms with van der Waals surface area (Å²) in [6.07, 6.45) is 5.71. The summed E-state index contributed by atoms with van der Waals surface area (Å²) < 4.78 is 0. The van der Waals surface area contributed by atoms with Crippen LogP contribution in [0.15, 0.2) is 36.0 Å². The smallest absolute Gasteiger partial charge is 0.264 e. The lowest BCUT2D eigenvalue weighted by atomic mass is 10.1. The Morgan fingerprint density at radius 2 is 2.16 bits per heavy atom. The largest absolute Gasteiger partial charge is 0.331 e. The average molecular weight is 272 g/mol. The van der Waals surface area contributed by atoms with Gasteiger partial charge in [0.2, 0.25) is 0 Å². The quantitative estimate of drug-likeness (QED) is 0.839. The van der Waals surface area contributed by atoms with E-state index in [1.54, 1.807) is 12.4 Å². The van der Waals surface area contributed by atoms with E-state index in [9.17, 15) is 4.79 Å². The van der Waals surface area contributed by atoms with Crippen molar-refractivity contribution < 1.29 is 4.79 Å². The van der Waals surface area contributed by atoms with Crippen LogP contribution in [0.5, 0.6) is 0 Å². The molecule has 3 nitrogen and oxygen atoms in total. The molecule has 0 aliphatic carbocycles. The van der Waals surface area contributed by atoms with Crippen molar-refractivity contribution in [3.63, 3.8) is 0 Å². The van der Waals surface area contributed by atoms with Crippen LogP contribution in [-0.2, 0) is 0 Å². The van der Waals surface area contributed by atoms with Crippen molar-refractivity contribution in [1.82, 2.24) is 9.88 Å². The first-order valence-electron chi connectivity index (χ1n) is 6.52. The first kappa shape index (κ1) is 12.4. The normalized spacial score (nSPS) is 18.8. The van der Waals surface area contributed by atoms with Crippen LogP contribution >= 0.6 is 11.3 Å². The van der Waals surface area contributed by atoms with Gasteiger partial charge in [-0.1, -0.05) is 0 Å². The van der Waals surface area contributed by atoms with Gasteiger partial charge in [-0.05, 0) is 54.5 Å². The molecule has 0 unspecified atom stereocenters. The van der Waals surface area contributed by atoms with Crippen LogP contribution in [-0.4, -0.2) is 22.3 Å². The Kier molecular flexibility index (Phi) is 3.34. The lowest BCUT2D eigenvalue weighted by Gasteiger charge is -2.24. The number of thiophene rings is 1. The number of carbonyl (C=O) groups is 1. The number of carbonyl (C=O) groups excluding carboxylic acids is 1. The molecule has 4 heteroatoms. The number of aryl methyl sites for hydroxylation is 1. The Morgan fingerprint density at radius 1 is 1.37 bits per heavy atom. The second-order valence-corrected chi connectivity index (χ2v) is 5.79. The summed E-state index contributed by atoms with van der Waals surface area (Å²) in [5.74, 6) is 0.173. The molecule has 98 valence electrons. The summed E-state index contributed by atoms with van der Waals surface area (Å²) in [6.45, 7) is 2.85. The van der Waals surface area contributed by atoms with Crippen LogP contribution in [0.3, 0.4) is 0 Å². The van der Waals surface area contributed by atoms with Gasteiger partial charge in [0.05, 0.1) is 10.9 Å². The summed E-state index contributed by atoms with van der Waals surface area (Å²) in [4.78, 5) is 19.6. The van der Waals surface area contributed by atoms with Crippen molar-refractivity contribution in [3.8, 4) is 0 Å². The standard InChI is InChI=1S/C15H16N2OS/c1-11-6-10-19-14(11)15(18)17-9-2-3-13(17)12-4-7-16-8-5-12/h4-8,10,13H,2-3,9H2,1H3/t13-/m1/s1. The summed E-state index contributed by atoms with van der Waals surface area (Å²) in [5.41, 5.74) is 2.27. The minimum absolute atomic E-state index is 0.173. The van der Waals surface area contributed by atoms with Gasteiger partial charge in [-0.2, -0.15) is 0 Å². The first-order valence-corrected chi connectivity index (χ1v) is 7.40. The molecule has 1 aliphatic rings. The van der Waals surface area contributed by atoms with E-state index >= 15 is 0 Å². The van der Waals surface area contributed by atoms with Crippen LogP contribution in [0, 0.1) is 6.92 Å². The Bertz CT molecular complexity index is 579. The van der Waals surface area contributed by atoms with Crippen molar-refractivity contribution in [2.75, 3.05) is 6.54 Å². The molecule has 0 bridgehead atoms. The van der Waals surface area contributed by atoms with E-state index in [-0.39, 0.29) is 11.9 Å². The third-order valence-corrected chi connectivity index (χ3v) is 4.67. The van der Waals surface area contributed by atoms with E-state index in [0.717, 1.165) is 29.8 Å². The van der Waals surface area contributed by atoms with E-state index in [2.05, 4.69) is 4.98 Å². The minimum atomic E-state index is 0.173. The van der Waals surface area contributed by atoms with E-state index in [1.165, 1.54) is 16.9 Å². The van der Waals surface area contributed by atoms with Crippen molar-refractivity contribution in [2.45, 2.75) is 25.8 Å². The monoisotopic (exact) mass is 272 g/mol. The SMILES string of the molecule is Cc1ccsc1C(=O)N1CCC[C@@H]1c1ccncc1. The number of pyridine rings is 1. The first-order chi connectivity index (χ1) is 9.27. The number of likely N-dealkylation sites (tertiary alicyclic amines) is 1. The third kappa shape index (κ3) is 2.28. The maximum atomic E-state index is 12.6. The van der Waals surface area contributed by atoms with Gasteiger partial charge in [0, 0.05) is 18.9 Å². The predicted octanol–water partition coefficient (Wildman–Crippen LogP) is 3.43. The molecule has 1 fully saturated rings. The van der Waals surface area contributed by atoms with Gasteiger partial charge in [-0.25, -0.2) is 0 Å². The zero-order valence-electron chi connectivity index (χ0n) is 10.9. The molecule has 3 heterocycles. The fourth-order valence-corrected chi connectivity index (χ4v) is 3.54. The molecule has 1 atom stereocenters. The van der Waals surface area contributed by atoms with Crippen LogP contribution in [0.2, 0.25) is 0 Å². The number of aromatic nitrogens is 1. The van der Waals surface area contributed by atoms with Gasteiger partial charge in [0.1, 0.15) is 0 Å². The maximum absolute atomic E-state index is 12.6. The predicted molar refractivity (Wildman–Crippen MR) is 76.3 cm³/mol. The van der Waals surface area contributed by atoms with Gasteiger partial charge < -0.3 is 4.90 Å². The Labute approximate surface area is 116 Å². The van der Waals surface area contributed by atoms with Crippen molar-refractivity contribution >= 4 is 17.2 Å². The topological polar surface area (TPSA) is 33.2 Å². The number of rotatable bonds is 2. The van der Waals surface area contributed by atoms with Gasteiger partial charge in [-0.3, -0.25) is 9.78 Å². The summed E-state index contributed by atoms with van der Waals surface area (Å²) in [5, 5.41) is 1.99. The number of amides is 1. The lowest BCUT2D eigenvalue weighted by molar-refractivity contribution is 0.0740. The lowest BCUT2D eigenvalue weighted by Crippen LogP contribution is -2.30. The molecule has 0 radical (unpaired) electrons. The zero-order chi connectivity index (χ0) is 13.2. The fraction of sp³-hybridized carbons (Fsp3) is 0.333. The van der Waals surface area contributed by atoms with Gasteiger partial charge in [0.15, 0.2) is 0 Å². The second kappa shape index (κ2) is 5.13. The van der Waals surface area contributed by atoms with Crippen molar-refractivity contribution in [1.29, 1.82) is 0 Å². The number of hydrogen-bond donors (Lipinski definition) is 0. The molecule has 2 aromatic heterocycles. The van der Waals surface area contributed by atoms with Crippen LogP contribution in [0.1, 0.15) is 39.7 Å². The summed E-state index contributed by atoms with van der Waals surface area (Å²) in [6, 6.07) is 6.24. The molecule has 1 amide bonds. The molecular formula is C15H16N2OS. The molecule has 0 saturated carbocycles. The van der Waals surface area contributed by atoms with Gasteiger partial charge >= 0.3 is 0 Å². The second-order valence-electron chi connectivity index (χ2n) is 4.87. The third-order valence-electron chi connectivity index (χ3n) is 3.66. The van der Waals surface area contributed by atoms with Crippen LogP contribution in [0.4, 0.5) is 0 Å². The minimum Gasteiger partial charge on any atom is -0.331 e. The highest BCUT2D eigenvalue weighted by atomic mass is 32.1. The molecule has 19 heavy (non-hydrogen) atoms. The maximum Gasteiger partial charge on any atom is 0.264 e. The van der Waals surface area contributed by atoms with Crippen molar-refractivity contribution in [2.24, 2.45) is 0 Å². The van der Waals surface area contributed by atoms with E-state index < -0.39 is 0 Å². The highest BCUT2D eigenvalue weighted by Crippen LogP contribution is 2.34. The molecule has 1 aliphatic heterocycles. The molecule has 1 saturated heterocycles. The summed E-state index contributed by atoms with van der Waals surface area (Å²) in [7, 11) is 0. The van der Waals surface area contributed by atoms with Crippen LogP contribution < -0.4 is 0 Å². The average Bonchev–Trinajstić information content (AvgIpc) is 3.07. The van der Waals surface area contributed by atoms with E-state index in [0.29, 0.717) is 0 Å². The highest BCUT2D eigenvalue weighted by molar-refractivity contribution is 7.12. The Morgan fingerprint density at radius 3 is 2.84 bits per heavy atom. The number of nitrogens with zero attached hydrogens (tertiary/aromatic N) is 2. The molecular weight excluding hydrogens is 256 g/mol. The molecule has 0 N–H and O–H groups in total. The zero-order valence-corrected chi connectivity index (χ0v) is 11.7. The summed E-state index contributed by atoms with van der Waals surface area (Å²) >= 11 is 1.54. The van der Waals surface area contributed by atoms with Gasteiger partial charge in [0.25, 0.3) is 5.91 Å². The molecule has 3 rings (SSSR count). The molecule has 0 aromatic carbocycles. The molecule has 0 spiro atoms. The Balaban J connectivity index is 1.88. The van der Waals surface area contributed by atoms with Crippen molar-refractivity contribution in [3.05, 3.63) is 52.0 Å². The molecule has 2 aromatic rings. The van der Waals surface area contributed by atoms with E-state index in [1.807, 2.05) is 35.4 Å². The highest BCUT2D eigenvalue weighted by Gasteiger charge is 2.31. The fourth-order valence-electron chi connectivity index (χ4n) is 2.66. The number of hydrogen-bond acceptors (Lipinski definition) is 3.